The van der Waals surface area contributed by atoms with Gasteiger partial charge in [0.15, 0.2) is 0 Å². The van der Waals surface area contributed by atoms with Crippen LogP contribution >= 0.6 is 11.6 Å². The Bertz CT molecular complexity index is 1030. The third kappa shape index (κ3) is 6.39. The molecule has 0 aliphatic heterocycles. The van der Waals surface area contributed by atoms with Gasteiger partial charge in [-0.15, -0.1) is 11.8 Å². The summed E-state index contributed by atoms with van der Waals surface area (Å²) in [6.45, 7) is 2.55. The second kappa shape index (κ2) is 11.1. The van der Waals surface area contributed by atoms with Crippen molar-refractivity contribution in [3.63, 3.8) is 0 Å². The van der Waals surface area contributed by atoms with Gasteiger partial charge in [0.2, 0.25) is 0 Å². The van der Waals surface area contributed by atoms with Crippen LogP contribution < -0.4 is 10.6 Å². The Labute approximate surface area is 182 Å². The summed E-state index contributed by atoms with van der Waals surface area (Å²) in [5.41, 5.74) is 3.79. The van der Waals surface area contributed by atoms with Crippen LogP contribution in [-0.4, -0.2) is 22.6 Å². The smallest absolute Gasteiger partial charge is 0.0991 e. The highest BCUT2D eigenvalue weighted by Crippen LogP contribution is 2.19. The van der Waals surface area contributed by atoms with E-state index < -0.39 is 0 Å². The zero-order chi connectivity index (χ0) is 21.2. The number of hydrogen-bond donors (Lipinski definition) is 3. The van der Waals surface area contributed by atoms with Crippen molar-refractivity contribution in [1.82, 2.24) is 15.3 Å². The average molecular weight is 418 g/mol. The Morgan fingerprint density at radius 1 is 1.20 bits per heavy atom. The van der Waals surface area contributed by atoms with E-state index in [9.17, 15) is 0 Å². The van der Waals surface area contributed by atoms with Gasteiger partial charge in [-0.2, -0.15) is 5.26 Å². The Kier molecular flexibility index (Phi) is 7.92. The second-order valence-electron chi connectivity index (χ2n) is 6.96. The molecule has 0 aliphatic rings. The summed E-state index contributed by atoms with van der Waals surface area (Å²) in [4.78, 5) is 7.41. The first-order chi connectivity index (χ1) is 14.7. The molecule has 6 heteroatoms. The third-order valence-electron chi connectivity index (χ3n) is 4.76. The van der Waals surface area contributed by atoms with Gasteiger partial charge < -0.3 is 15.6 Å². The maximum atomic E-state index is 9.03. The number of nitrogens with one attached hydrogen (secondary N) is 3. The maximum Gasteiger partial charge on any atom is 0.0991 e. The van der Waals surface area contributed by atoms with Crippen LogP contribution in [0.5, 0.6) is 0 Å². The number of aromatic nitrogens is 2. The molecule has 1 aromatic heterocycles. The first-order valence-electron chi connectivity index (χ1n) is 9.80. The molecule has 0 radical (unpaired) electrons. The predicted molar refractivity (Wildman–Crippen MR) is 121 cm³/mol. The van der Waals surface area contributed by atoms with Gasteiger partial charge in [0.25, 0.3) is 0 Å². The van der Waals surface area contributed by atoms with E-state index >= 15 is 0 Å². The van der Waals surface area contributed by atoms with Crippen LogP contribution in [0.15, 0.2) is 61.1 Å². The van der Waals surface area contributed by atoms with Crippen LogP contribution in [0.3, 0.4) is 0 Å². The molecule has 2 unspecified atom stereocenters. The molecule has 2 aromatic carbocycles. The molecular weight excluding hydrogens is 394 g/mol. The number of H-pyrrole nitrogens is 1. The topological polar surface area (TPSA) is 76.5 Å². The van der Waals surface area contributed by atoms with Crippen LogP contribution in [0.25, 0.3) is 0 Å². The molecule has 152 valence electrons. The van der Waals surface area contributed by atoms with Gasteiger partial charge in [-0.3, -0.25) is 0 Å². The van der Waals surface area contributed by atoms with Gasteiger partial charge in [0.1, 0.15) is 0 Å². The van der Waals surface area contributed by atoms with Crippen LogP contribution in [0.1, 0.15) is 36.2 Å². The fourth-order valence-electron chi connectivity index (χ4n) is 3.21. The molecule has 0 saturated carbocycles. The first-order valence-corrected chi connectivity index (χ1v) is 10.2. The molecule has 2 atom stereocenters. The molecule has 30 heavy (non-hydrogen) atoms. The molecule has 0 amide bonds. The molecule has 3 N–H and O–H groups in total. The van der Waals surface area contributed by atoms with E-state index in [4.69, 9.17) is 16.9 Å². The lowest BCUT2D eigenvalue weighted by Gasteiger charge is -2.25. The number of halogens is 1. The van der Waals surface area contributed by atoms with Gasteiger partial charge in [-0.25, -0.2) is 4.98 Å². The molecule has 3 rings (SSSR count). The van der Waals surface area contributed by atoms with E-state index in [1.54, 1.807) is 6.33 Å². The second-order valence-corrected chi connectivity index (χ2v) is 7.39. The summed E-state index contributed by atoms with van der Waals surface area (Å²) in [6, 6.07) is 17.7. The largest absolute Gasteiger partial charge is 0.383 e. The van der Waals surface area contributed by atoms with Crippen molar-refractivity contribution < 1.29 is 0 Å². The Balaban J connectivity index is 1.73. The molecule has 5 nitrogen and oxygen atoms in total. The summed E-state index contributed by atoms with van der Waals surface area (Å²) < 4.78 is 0. The number of imidazole rings is 1. The number of rotatable bonds is 9. The molecule has 0 bridgehead atoms. The van der Waals surface area contributed by atoms with Crippen molar-refractivity contribution in [1.29, 1.82) is 5.26 Å². The molecule has 0 spiro atoms. The Morgan fingerprint density at radius 2 is 2.03 bits per heavy atom. The summed E-state index contributed by atoms with van der Waals surface area (Å²) >= 11 is 6.10. The monoisotopic (exact) mass is 417 g/mol. The van der Waals surface area contributed by atoms with Crippen LogP contribution in [0.4, 0.5) is 5.69 Å². The molecule has 3 aromatic rings. The zero-order valence-corrected chi connectivity index (χ0v) is 17.6. The van der Waals surface area contributed by atoms with E-state index in [0.29, 0.717) is 23.6 Å². The number of aromatic amines is 1. The average Bonchev–Trinajstić information content (AvgIpc) is 3.30. The standard InChI is InChI=1S/C24H24ClN5/c1-2-3-6-22(15-28-21-7-4-5-20(25)13-21)30-23(24-16-27-17-29-24)12-18-8-10-19(14-26)11-9-18/h4-5,7-11,13,16-17,22-23,28,30H,6,12,15H2,1H3,(H,27,29). The lowest BCUT2D eigenvalue weighted by Crippen LogP contribution is -2.39. The fraction of sp³-hybridized carbons (Fsp3) is 0.250. The highest BCUT2D eigenvalue weighted by Gasteiger charge is 2.18. The van der Waals surface area contributed by atoms with Gasteiger partial charge in [0, 0.05) is 35.9 Å². The summed E-state index contributed by atoms with van der Waals surface area (Å²) in [7, 11) is 0. The number of benzene rings is 2. The van der Waals surface area contributed by atoms with Gasteiger partial charge in [-0.05, 0) is 49.2 Å². The van der Waals surface area contributed by atoms with E-state index in [1.165, 1.54) is 0 Å². The minimum absolute atomic E-state index is 0.0326. The van der Waals surface area contributed by atoms with Crippen LogP contribution in [0, 0.1) is 23.2 Å². The lowest BCUT2D eigenvalue weighted by atomic mass is 10.0. The summed E-state index contributed by atoms with van der Waals surface area (Å²) in [6.07, 6.45) is 5.01. The maximum absolute atomic E-state index is 9.03. The van der Waals surface area contributed by atoms with E-state index in [1.807, 2.05) is 61.7 Å². The predicted octanol–water partition coefficient (Wildman–Crippen LogP) is 4.70. The van der Waals surface area contributed by atoms with E-state index in [2.05, 4.69) is 38.5 Å². The first kappa shape index (κ1) is 21.5. The van der Waals surface area contributed by atoms with E-state index in [-0.39, 0.29) is 12.1 Å². The normalized spacial score (nSPS) is 12.3. The third-order valence-corrected chi connectivity index (χ3v) is 4.99. The van der Waals surface area contributed by atoms with Crippen molar-refractivity contribution in [2.75, 3.05) is 11.9 Å². The molecule has 0 saturated heterocycles. The van der Waals surface area contributed by atoms with Gasteiger partial charge in [-0.1, -0.05) is 29.8 Å². The minimum Gasteiger partial charge on any atom is -0.383 e. The van der Waals surface area contributed by atoms with Crippen molar-refractivity contribution in [3.05, 3.63) is 82.9 Å². The number of nitriles is 1. The molecular formula is C24H24ClN5. The number of nitrogens with zero attached hydrogens (tertiary/aromatic N) is 2. The zero-order valence-electron chi connectivity index (χ0n) is 16.8. The van der Waals surface area contributed by atoms with Gasteiger partial charge >= 0.3 is 0 Å². The highest BCUT2D eigenvalue weighted by molar-refractivity contribution is 6.30. The Hall–Kier alpha value is -3.25. The van der Waals surface area contributed by atoms with E-state index in [0.717, 1.165) is 23.4 Å². The fourth-order valence-corrected chi connectivity index (χ4v) is 3.40. The SMILES string of the molecule is CC#CCC(CNc1cccc(Cl)c1)NC(Cc1ccc(C#N)cc1)c1cnc[nH]1. The molecule has 1 heterocycles. The number of hydrogen-bond acceptors (Lipinski definition) is 4. The quantitative estimate of drug-likeness (QED) is 0.441. The highest BCUT2D eigenvalue weighted by atomic mass is 35.5. The lowest BCUT2D eigenvalue weighted by molar-refractivity contribution is 0.441. The van der Waals surface area contributed by atoms with Crippen LogP contribution in [0.2, 0.25) is 5.02 Å². The summed E-state index contributed by atoms with van der Waals surface area (Å²) in [5.74, 6) is 6.17. The van der Waals surface area contributed by atoms with Crippen molar-refractivity contribution >= 4 is 17.3 Å². The van der Waals surface area contributed by atoms with Crippen molar-refractivity contribution in [2.45, 2.75) is 31.8 Å². The van der Waals surface area contributed by atoms with Crippen LogP contribution in [-0.2, 0) is 6.42 Å². The minimum atomic E-state index is 0.0326. The van der Waals surface area contributed by atoms with Gasteiger partial charge in [0.05, 0.1) is 29.7 Å². The molecule has 0 aliphatic carbocycles. The van der Waals surface area contributed by atoms with Crippen molar-refractivity contribution in [3.8, 4) is 17.9 Å². The van der Waals surface area contributed by atoms with Crippen molar-refractivity contribution in [2.24, 2.45) is 0 Å². The number of anilines is 1. The molecule has 0 fully saturated rings. The Morgan fingerprint density at radius 3 is 2.70 bits per heavy atom. The summed E-state index contributed by atoms with van der Waals surface area (Å²) in [5, 5.41) is 16.9.